The summed E-state index contributed by atoms with van der Waals surface area (Å²) in [5.41, 5.74) is 3.66. The molecule has 4 rings (SSSR count). The summed E-state index contributed by atoms with van der Waals surface area (Å²) in [6.07, 6.45) is 1.76. The number of halogens is 1. The van der Waals surface area contributed by atoms with Crippen LogP contribution in [0.4, 0.5) is 0 Å². The first-order valence-electron chi connectivity index (χ1n) is 6.65. The number of benzene rings is 1. The summed E-state index contributed by atoms with van der Waals surface area (Å²) in [7, 11) is 0. The second-order valence-corrected chi connectivity index (χ2v) is 5.06. The highest BCUT2D eigenvalue weighted by Crippen LogP contribution is 2.18. The van der Waals surface area contributed by atoms with Crippen molar-refractivity contribution in [2.24, 2.45) is 0 Å². The average molecular weight is 298 g/mol. The number of H-pyrrole nitrogens is 1. The van der Waals surface area contributed by atoms with Gasteiger partial charge in [-0.1, -0.05) is 12.1 Å². The second kappa shape index (κ2) is 4.86. The van der Waals surface area contributed by atoms with Crippen LogP contribution in [0.1, 0.15) is 11.6 Å². The lowest BCUT2D eigenvalue weighted by atomic mass is 10.3. The van der Waals surface area contributed by atoms with Crippen molar-refractivity contribution in [2.75, 3.05) is 0 Å². The molecule has 0 amide bonds. The molecule has 0 bridgehead atoms. The highest BCUT2D eigenvalue weighted by Gasteiger charge is 2.12. The van der Waals surface area contributed by atoms with Crippen LogP contribution in [0.3, 0.4) is 0 Å². The summed E-state index contributed by atoms with van der Waals surface area (Å²) in [5, 5.41) is 0. The molecule has 0 aliphatic carbocycles. The van der Waals surface area contributed by atoms with Gasteiger partial charge in [-0.2, -0.15) is 0 Å². The minimum absolute atomic E-state index is 0.344. The monoisotopic (exact) mass is 297 g/mol. The Morgan fingerprint density at radius 3 is 2.76 bits per heavy atom. The summed E-state index contributed by atoms with van der Waals surface area (Å²) in [6.45, 7) is 0.574. The molecule has 6 heteroatoms. The van der Waals surface area contributed by atoms with Gasteiger partial charge in [0.25, 0.3) is 0 Å². The first-order chi connectivity index (χ1) is 10.3. The number of alkyl halides is 1. The van der Waals surface area contributed by atoms with Crippen molar-refractivity contribution >= 4 is 33.8 Å². The zero-order chi connectivity index (χ0) is 14.2. The van der Waals surface area contributed by atoms with Gasteiger partial charge in [0.05, 0.1) is 23.5 Å². The van der Waals surface area contributed by atoms with Crippen LogP contribution < -0.4 is 0 Å². The predicted molar refractivity (Wildman–Crippen MR) is 82.3 cm³/mol. The number of aromatic amines is 1. The normalized spacial score (nSPS) is 11.5. The number of imidazole rings is 2. The van der Waals surface area contributed by atoms with Gasteiger partial charge in [0.15, 0.2) is 5.65 Å². The molecule has 0 fully saturated rings. The maximum Gasteiger partial charge on any atom is 0.160 e. The predicted octanol–water partition coefficient (Wildman–Crippen LogP) is 3.09. The molecule has 0 saturated carbocycles. The minimum atomic E-state index is 0.344. The van der Waals surface area contributed by atoms with Gasteiger partial charge in [0.1, 0.15) is 17.2 Å². The molecule has 5 nitrogen and oxygen atoms in total. The molecule has 0 unspecified atom stereocenters. The first kappa shape index (κ1) is 12.3. The van der Waals surface area contributed by atoms with Gasteiger partial charge in [0, 0.05) is 6.20 Å². The molecule has 4 aromatic rings. The highest BCUT2D eigenvalue weighted by molar-refractivity contribution is 6.16. The number of nitrogens with one attached hydrogen (secondary N) is 1. The highest BCUT2D eigenvalue weighted by atomic mass is 35.5. The van der Waals surface area contributed by atoms with Crippen LogP contribution >= 0.6 is 11.6 Å². The van der Waals surface area contributed by atoms with Crippen LogP contribution in [-0.2, 0) is 12.4 Å². The molecule has 0 atom stereocenters. The lowest BCUT2D eigenvalue weighted by Gasteiger charge is -2.04. The van der Waals surface area contributed by atoms with Crippen molar-refractivity contribution in [1.29, 1.82) is 0 Å². The zero-order valence-corrected chi connectivity index (χ0v) is 11.9. The van der Waals surface area contributed by atoms with E-state index in [0.29, 0.717) is 12.4 Å². The van der Waals surface area contributed by atoms with Crippen molar-refractivity contribution in [3.63, 3.8) is 0 Å². The minimum Gasteiger partial charge on any atom is -0.340 e. The van der Waals surface area contributed by atoms with E-state index in [-0.39, 0.29) is 0 Å². The number of rotatable bonds is 3. The first-order valence-corrected chi connectivity index (χ1v) is 7.18. The Hall–Kier alpha value is -2.40. The third-order valence-electron chi connectivity index (χ3n) is 3.45. The maximum atomic E-state index is 6.01. The molecule has 1 N–H and O–H groups in total. The van der Waals surface area contributed by atoms with Gasteiger partial charge >= 0.3 is 0 Å². The van der Waals surface area contributed by atoms with Gasteiger partial charge in [-0.05, 0) is 24.3 Å². The fourth-order valence-corrected chi connectivity index (χ4v) is 2.71. The number of para-hydroxylation sites is 2. The molecule has 3 heterocycles. The van der Waals surface area contributed by atoms with Crippen LogP contribution in [0.5, 0.6) is 0 Å². The third-order valence-corrected chi connectivity index (χ3v) is 3.69. The SMILES string of the molecule is ClCc1nc2cccnc2n1Cc1nc2ccccc2[nH]1. The Morgan fingerprint density at radius 1 is 1.05 bits per heavy atom. The Labute approximate surface area is 125 Å². The second-order valence-electron chi connectivity index (χ2n) is 4.79. The molecule has 1 aromatic carbocycles. The molecular formula is C15H12ClN5. The van der Waals surface area contributed by atoms with E-state index in [4.69, 9.17) is 11.6 Å². The van der Waals surface area contributed by atoms with Crippen molar-refractivity contribution in [3.8, 4) is 0 Å². The summed E-state index contributed by atoms with van der Waals surface area (Å²) in [6, 6.07) is 11.8. The molecule has 0 aliphatic heterocycles. The number of pyridine rings is 1. The Bertz CT molecular complexity index is 891. The molecule has 104 valence electrons. The van der Waals surface area contributed by atoms with Crippen LogP contribution in [0, 0.1) is 0 Å². The summed E-state index contributed by atoms with van der Waals surface area (Å²) >= 11 is 6.01. The molecular weight excluding hydrogens is 286 g/mol. The smallest absolute Gasteiger partial charge is 0.160 e. The lowest BCUT2D eigenvalue weighted by Crippen LogP contribution is -2.06. The van der Waals surface area contributed by atoms with E-state index in [1.807, 2.05) is 41.0 Å². The van der Waals surface area contributed by atoms with Crippen molar-refractivity contribution in [2.45, 2.75) is 12.4 Å². The number of hydrogen-bond donors (Lipinski definition) is 1. The van der Waals surface area contributed by atoms with Crippen LogP contribution in [0.25, 0.3) is 22.2 Å². The summed E-state index contributed by atoms with van der Waals surface area (Å²) in [5.74, 6) is 2.01. The Kier molecular flexibility index (Phi) is 2.86. The number of hydrogen-bond acceptors (Lipinski definition) is 3. The van der Waals surface area contributed by atoms with Crippen LogP contribution in [0.2, 0.25) is 0 Å². The lowest BCUT2D eigenvalue weighted by molar-refractivity contribution is 0.738. The van der Waals surface area contributed by atoms with E-state index in [1.54, 1.807) is 6.20 Å². The van der Waals surface area contributed by atoms with E-state index in [1.165, 1.54) is 0 Å². The topological polar surface area (TPSA) is 59.4 Å². The van der Waals surface area contributed by atoms with Crippen molar-refractivity contribution in [3.05, 3.63) is 54.2 Å². The van der Waals surface area contributed by atoms with Gasteiger partial charge in [0.2, 0.25) is 0 Å². The maximum absolute atomic E-state index is 6.01. The Morgan fingerprint density at radius 2 is 1.90 bits per heavy atom. The summed E-state index contributed by atoms with van der Waals surface area (Å²) in [4.78, 5) is 16.8. The molecule has 3 aromatic heterocycles. The Balaban J connectivity index is 1.82. The quantitative estimate of drug-likeness (QED) is 0.591. The van der Waals surface area contributed by atoms with Gasteiger partial charge in [-0.15, -0.1) is 11.6 Å². The van der Waals surface area contributed by atoms with Gasteiger partial charge < -0.3 is 9.55 Å². The fraction of sp³-hybridized carbons (Fsp3) is 0.133. The van der Waals surface area contributed by atoms with Crippen LogP contribution in [-0.4, -0.2) is 24.5 Å². The van der Waals surface area contributed by atoms with Crippen molar-refractivity contribution in [1.82, 2.24) is 24.5 Å². The van der Waals surface area contributed by atoms with Gasteiger partial charge in [-0.25, -0.2) is 15.0 Å². The van der Waals surface area contributed by atoms with E-state index in [0.717, 1.165) is 33.8 Å². The standard InChI is InChI=1S/C15H12ClN5/c16-8-14-20-12-6-3-7-17-15(12)21(14)9-13-18-10-4-1-2-5-11(10)19-13/h1-7H,8-9H2,(H,18,19). The summed E-state index contributed by atoms with van der Waals surface area (Å²) < 4.78 is 2.00. The largest absolute Gasteiger partial charge is 0.340 e. The molecule has 0 aliphatic rings. The molecule has 0 spiro atoms. The molecule has 21 heavy (non-hydrogen) atoms. The zero-order valence-electron chi connectivity index (χ0n) is 11.1. The van der Waals surface area contributed by atoms with E-state index < -0.39 is 0 Å². The van der Waals surface area contributed by atoms with E-state index in [9.17, 15) is 0 Å². The average Bonchev–Trinajstić information content (AvgIpc) is 3.08. The van der Waals surface area contributed by atoms with Gasteiger partial charge in [-0.3, -0.25) is 0 Å². The number of fused-ring (bicyclic) bond motifs is 2. The molecule has 0 radical (unpaired) electrons. The van der Waals surface area contributed by atoms with E-state index in [2.05, 4.69) is 19.9 Å². The number of nitrogens with zero attached hydrogens (tertiary/aromatic N) is 4. The van der Waals surface area contributed by atoms with E-state index >= 15 is 0 Å². The molecule has 0 saturated heterocycles. The van der Waals surface area contributed by atoms with Crippen molar-refractivity contribution < 1.29 is 0 Å². The van der Waals surface area contributed by atoms with Crippen LogP contribution in [0.15, 0.2) is 42.6 Å². The third kappa shape index (κ3) is 2.06. The number of aromatic nitrogens is 5. The fourth-order valence-electron chi connectivity index (χ4n) is 2.50.